The predicted molar refractivity (Wildman–Crippen MR) is 127 cm³/mol. The molecule has 0 radical (unpaired) electrons. The van der Waals surface area contributed by atoms with Crippen molar-refractivity contribution < 1.29 is 9.26 Å². The van der Waals surface area contributed by atoms with Gasteiger partial charge in [-0.3, -0.25) is 0 Å². The summed E-state index contributed by atoms with van der Waals surface area (Å²) in [5.41, 5.74) is 3.37. The Balaban J connectivity index is 0.00000300. The van der Waals surface area contributed by atoms with Crippen LogP contribution in [0.4, 0.5) is 0 Å². The molecule has 2 N–H and O–H groups in total. The molecule has 2 atom stereocenters. The van der Waals surface area contributed by atoms with E-state index in [-0.39, 0.29) is 30.1 Å². The number of rotatable bonds is 8. The topological polar surface area (TPSA) is 71.7 Å². The maximum Gasteiger partial charge on any atom is 0.191 e. The minimum atomic E-state index is 0. The number of ether oxygens (including phenoxy) is 1. The second kappa shape index (κ2) is 12.2. The van der Waals surface area contributed by atoms with Crippen molar-refractivity contribution in [3.05, 3.63) is 52.9 Å². The first-order valence-corrected chi connectivity index (χ1v) is 10.4. The normalized spacial score (nSPS) is 19.1. The summed E-state index contributed by atoms with van der Waals surface area (Å²) in [6.45, 7) is 9.29. The monoisotopic (exact) mass is 512 g/mol. The minimum Gasteiger partial charge on any atom is -0.373 e. The van der Waals surface area contributed by atoms with Crippen LogP contribution in [0.15, 0.2) is 39.8 Å². The molecular weight excluding hydrogens is 479 g/mol. The maximum absolute atomic E-state index is 6.00. The van der Waals surface area contributed by atoms with Crippen LogP contribution >= 0.6 is 24.0 Å². The number of halogens is 1. The highest BCUT2D eigenvalue weighted by atomic mass is 127. The molecule has 1 fully saturated rings. The van der Waals surface area contributed by atoms with Crippen LogP contribution in [0.2, 0.25) is 0 Å². The number of hydrogen-bond acceptors (Lipinski definition) is 4. The highest BCUT2D eigenvalue weighted by molar-refractivity contribution is 14.0. The molecule has 2 unspecified atom stereocenters. The van der Waals surface area contributed by atoms with Crippen LogP contribution in [0.25, 0.3) is 0 Å². The van der Waals surface area contributed by atoms with Crippen LogP contribution in [-0.4, -0.2) is 30.8 Å². The second-order valence-corrected chi connectivity index (χ2v) is 7.06. The van der Waals surface area contributed by atoms with Gasteiger partial charge in [-0.1, -0.05) is 49.3 Å². The third-order valence-corrected chi connectivity index (χ3v) is 5.22. The van der Waals surface area contributed by atoms with Crippen molar-refractivity contribution in [1.82, 2.24) is 15.8 Å². The first kappa shape index (κ1) is 23.7. The highest BCUT2D eigenvalue weighted by Crippen LogP contribution is 2.33. The van der Waals surface area contributed by atoms with Crippen LogP contribution in [0, 0.1) is 5.92 Å². The van der Waals surface area contributed by atoms with Crippen molar-refractivity contribution >= 4 is 29.9 Å². The molecule has 1 aliphatic rings. The minimum absolute atomic E-state index is 0. The fraction of sp³-hybridized carbons (Fsp3) is 0.545. The van der Waals surface area contributed by atoms with E-state index < -0.39 is 0 Å². The number of nitrogens with zero attached hydrogens (tertiary/aromatic N) is 2. The first-order chi connectivity index (χ1) is 13.8. The number of aryl methyl sites for hydroxylation is 2. The fourth-order valence-electron chi connectivity index (χ4n) is 3.70. The lowest BCUT2D eigenvalue weighted by atomic mass is 9.95. The van der Waals surface area contributed by atoms with Crippen molar-refractivity contribution in [3.63, 3.8) is 0 Å². The molecule has 6 nitrogen and oxygen atoms in total. The Morgan fingerprint density at radius 3 is 2.62 bits per heavy atom. The number of nitrogens with one attached hydrogen (secondary N) is 2. The number of hydrogen-bond donors (Lipinski definition) is 2. The third kappa shape index (κ3) is 6.18. The van der Waals surface area contributed by atoms with Crippen LogP contribution in [0.5, 0.6) is 0 Å². The Morgan fingerprint density at radius 2 is 1.93 bits per heavy atom. The van der Waals surface area contributed by atoms with Gasteiger partial charge < -0.3 is 19.9 Å². The van der Waals surface area contributed by atoms with Gasteiger partial charge in [0.05, 0.1) is 18.3 Å². The molecule has 1 aromatic heterocycles. The maximum atomic E-state index is 6.00. The summed E-state index contributed by atoms with van der Waals surface area (Å²) in [5, 5.41) is 11.0. The molecule has 2 heterocycles. The number of aliphatic imine (C=N–C) groups is 1. The van der Waals surface area contributed by atoms with Gasteiger partial charge in [0.2, 0.25) is 0 Å². The molecule has 0 bridgehead atoms. The number of benzene rings is 1. The van der Waals surface area contributed by atoms with E-state index in [4.69, 9.17) is 14.3 Å². The van der Waals surface area contributed by atoms with E-state index >= 15 is 0 Å². The summed E-state index contributed by atoms with van der Waals surface area (Å²) in [6, 6.07) is 10.5. The lowest BCUT2D eigenvalue weighted by Gasteiger charge is -2.20. The van der Waals surface area contributed by atoms with Crippen molar-refractivity contribution in [2.45, 2.75) is 52.7 Å². The molecular formula is C22H33IN4O2. The first-order valence-electron chi connectivity index (χ1n) is 10.4. The lowest BCUT2D eigenvalue weighted by Crippen LogP contribution is -2.40. The third-order valence-electron chi connectivity index (χ3n) is 5.22. The molecule has 2 aromatic rings. The van der Waals surface area contributed by atoms with Gasteiger partial charge in [0.25, 0.3) is 0 Å². The molecule has 1 saturated heterocycles. The van der Waals surface area contributed by atoms with Gasteiger partial charge in [-0.05, 0) is 25.3 Å². The van der Waals surface area contributed by atoms with Gasteiger partial charge >= 0.3 is 0 Å². The average Bonchev–Trinajstić information content (AvgIpc) is 3.36. The summed E-state index contributed by atoms with van der Waals surface area (Å²) in [6.07, 6.45) is 2.89. The summed E-state index contributed by atoms with van der Waals surface area (Å²) >= 11 is 0. The predicted octanol–water partition coefficient (Wildman–Crippen LogP) is 4.25. The average molecular weight is 512 g/mol. The summed E-state index contributed by atoms with van der Waals surface area (Å²) in [7, 11) is 0. The van der Waals surface area contributed by atoms with Crippen LogP contribution < -0.4 is 10.6 Å². The van der Waals surface area contributed by atoms with E-state index in [0.717, 1.165) is 61.9 Å². The molecule has 0 aliphatic carbocycles. The summed E-state index contributed by atoms with van der Waals surface area (Å²) < 4.78 is 11.5. The standard InChI is InChI=1S/C22H32N4O2.HI/c1-4-19-18(20(5-2)28-26-19)15-25-22(23-6-3)24-14-17-12-13-27-21(17)16-10-8-7-9-11-16;/h7-11,17,21H,4-6,12-15H2,1-3H3,(H2,23,24,25);1H. The second-order valence-electron chi connectivity index (χ2n) is 7.06. The molecule has 1 aromatic carbocycles. The van der Waals surface area contributed by atoms with Crippen LogP contribution in [0.3, 0.4) is 0 Å². The molecule has 160 valence electrons. The molecule has 29 heavy (non-hydrogen) atoms. The van der Waals surface area contributed by atoms with Gasteiger partial charge in [-0.2, -0.15) is 0 Å². The fourth-order valence-corrected chi connectivity index (χ4v) is 3.70. The Bertz CT molecular complexity index is 742. The largest absolute Gasteiger partial charge is 0.373 e. The smallest absolute Gasteiger partial charge is 0.191 e. The lowest BCUT2D eigenvalue weighted by molar-refractivity contribution is 0.0915. The molecule has 0 saturated carbocycles. The van der Waals surface area contributed by atoms with Crippen molar-refractivity contribution in [3.8, 4) is 0 Å². The van der Waals surface area contributed by atoms with Gasteiger partial charge in [-0.15, -0.1) is 24.0 Å². The van der Waals surface area contributed by atoms with Gasteiger partial charge in [0.15, 0.2) is 5.96 Å². The molecule has 1 aliphatic heterocycles. The molecule has 3 rings (SSSR count). The zero-order chi connectivity index (χ0) is 19.8. The Hall–Kier alpha value is -1.61. The van der Waals surface area contributed by atoms with E-state index in [9.17, 15) is 0 Å². The molecule has 0 amide bonds. The van der Waals surface area contributed by atoms with Gasteiger partial charge in [-0.25, -0.2) is 4.99 Å². The zero-order valence-corrected chi connectivity index (χ0v) is 19.9. The van der Waals surface area contributed by atoms with Gasteiger partial charge in [0, 0.05) is 37.6 Å². The Kier molecular flexibility index (Phi) is 9.93. The van der Waals surface area contributed by atoms with E-state index in [1.54, 1.807) is 0 Å². The Labute approximate surface area is 190 Å². The van der Waals surface area contributed by atoms with Crippen LogP contribution in [0.1, 0.15) is 55.9 Å². The van der Waals surface area contributed by atoms with Crippen molar-refractivity contribution in [1.29, 1.82) is 0 Å². The zero-order valence-electron chi connectivity index (χ0n) is 17.6. The number of aromatic nitrogens is 1. The van der Waals surface area contributed by atoms with E-state index in [2.05, 4.69) is 60.8 Å². The van der Waals surface area contributed by atoms with Crippen molar-refractivity contribution in [2.75, 3.05) is 19.7 Å². The van der Waals surface area contributed by atoms with E-state index in [0.29, 0.717) is 12.5 Å². The summed E-state index contributed by atoms with van der Waals surface area (Å²) in [5.74, 6) is 2.19. The Morgan fingerprint density at radius 1 is 1.14 bits per heavy atom. The van der Waals surface area contributed by atoms with E-state index in [1.165, 1.54) is 5.56 Å². The summed E-state index contributed by atoms with van der Waals surface area (Å²) in [4.78, 5) is 4.79. The molecule has 0 spiro atoms. The SMILES string of the molecule is CCNC(=NCc1c(CC)noc1CC)NCC1CCOC1c1ccccc1.I. The quantitative estimate of drug-likeness (QED) is 0.315. The van der Waals surface area contributed by atoms with E-state index in [1.807, 2.05) is 6.07 Å². The molecule has 7 heteroatoms. The van der Waals surface area contributed by atoms with Gasteiger partial charge in [0.1, 0.15) is 5.76 Å². The van der Waals surface area contributed by atoms with Crippen molar-refractivity contribution in [2.24, 2.45) is 10.9 Å². The highest BCUT2D eigenvalue weighted by Gasteiger charge is 2.29. The number of guanidine groups is 1. The van der Waals surface area contributed by atoms with Crippen LogP contribution in [-0.2, 0) is 24.1 Å².